The van der Waals surface area contributed by atoms with E-state index in [1.54, 1.807) is 34.1 Å². The molecule has 8 heteroatoms. The third-order valence-electron chi connectivity index (χ3n) is 5.06. The van der Waals surface area contributed by atoms with E-state index in [0.29, 0.717) is 36.1 Å². The number of carbonyl (C=O) groups excluding carboxylic acids is 2. The number of nitrogens with one attached hydrogen (secondary N) is 2. The van der Waals surface area contributed by atoms with Gasteiger partial charge in [0.1, 0.15) is 5.82 Å². The maximum atomic E-state index is 12.9. The summed E-state index contributed by atoms with van der Waals surface area (Å²) in [4.78, 5) is 41.7. The second kappa shape index (κ2) is 8.57. The Kier molecular flexibility index (Phi) is 5.71. The standard InChI is InChI=1S/C21H22N4O3S/c26-19(22-9-7-14-8-11-29-13-14)20(27)23-15-5-6-17-16(12-15)21(28)25-10-3-1-2-4-18(25)24-17/h5-6,8,11-13H,1-4,7,9-10H2,(H,22,26)(H,23,27). The molecule has 4 rings (SSSR count). The van der Waals surface area contributed by atoms with Gasteiger partial charge in [-0.1, -0.05) is 6.42 Å². The molecule has 0 unspecified atom stereocenters. The van der Waals surface area contributed by atoms with Gasteiger partial charge in [0.05, 0.1) is 10.9 Å². The van der Waals surface area contributed by atoms with E-state index in [2.05, 4.69) is 15.6 Å². The zero-order valence-corrected chi connectivity index (χ0v) is 16.8. The van der Waals surface area contributed by atoms with Gasteiger partial charge in [0.25, 0.3) is 5.56 Å². The first-order chi connectivity index (χ1) is 14.1. The van der Waals surface area contributed by atoms with E-state index in [-0.39, 0.29) is 5.56 Å². The Hall–Kier alpha value is -3.00. The van der Waals surface area contributed by atoms with Gasteiger partial charge in [-0.05, 0) is 59.9 Å². The first kappa shape index (κ1) is 19.3. The first-order valence-electron chi connectivity index (χ1n) is 9.75. The summed E-state index contributed by atoms with van der Waals surface area (Å²) in [5, 5.41) is 9.62. The molecule has 0 atom stereocenters. The van der Waals surface area contributed by atoms with Crippen LogP contribution in [0.15, 0.2) is 39.8 Å². The van der Waals surface area contributed by atoms with Gasteiger partial charge in [0, 0.05) is 25.2 Å². The van der Waals surface area contributed by atoms with Crippen LogP contribution in [-0.2, 0) is 29.0 Å². The van der Waals surface area contributed by atoms with E-state index < -0.39 is 11.8 Å². The minimum absolute atomic E-state index is 0.0942. The van der Waals surface area contributed by atoms with Crippen LogP contribution in [0.1, 0.15) is 30.7 Å². The first-order valence-corrected chi connectivity index (χ1v) is 10.7. The molecule has 2 amide bonds. The van der Waals surface area contributed by atoms with Crippen LogP contribution in [0.25, 0.3) is 10.9 Å². The Labute approximate surface area is 171 Å². The number of carbonyl (C=O) groups is 2. The van der Waals surface area contributed by atoms with Gasteiger partial charge in [0.15, 0.2) is 0 Å². The van der Waals surface area contributed by atoms with Crippen molar-refractivity contribution in [1.82, 2.24) is 14.9 Å². The molecule has 1 aliphatic heterocycles. The Morgan fingerprint density at radius 1 is 1.14 bits per heavy atom. The van der Waals surface area contributed by atoms with Crippen LogP contribution in [0.5, 0.6) is 0 Å². The van der Waals surface area contributed by atoms with E-state index in [4.69, 9.17) is 0 Å². The largest absolute Gasteiger partial charge is 0.347 e. The van der Waals surface area contributed by atoms with E-state index in [1.165, 1.54) is 0 Å². The second-order valence-corrected chi connectivity index (χ2v) is 7.90. The molecular weight excluding hydrogens is 388 g/mol. The quantitative estimate of drug-likeness (QED) is 0.646. The number of fused-ring (bicyclic) bond motifs is 2. The molecule has 0 saturated heterocycles. The molecule has 0 radical (unpaired) electrons. The van der Waals surface area contributed by atoms with Crippen LogP contribution in [0.2, 0.25) is 0 Å². The molecular formula is C21H22N4O3S. The van der Waals surface area contributed by atoms with Crippen molar-refractivity contribution >= 4 is 39.7 Å². The Balaban J connectivity index is 1.46. The number of rotatable bonds is 4. The maximum absolute atomic E-state index is 12.9. The fourth-order valence-electron chi connectivity index (χ4n) is 3.52. The van der Waals surface area contributed by atoms with Gasteiger partial charge >= 0.3 is 11.8 Å². The molecule has 7 nitrogen and oxygen atoms in total. The summed E-state index contributed by atoms with van der Waals surface area (Å²) in [5.74, 6) is -0.628. The Morgan fingerprint density at radius 3 is 2.86 bits per heavy atom. The number of benzene rings is 1. The lowest BCUT2D eigenvalue weighted by molar-refractivity contribution is -0.136. The molecule has 0 spiro atoms. The summed E-state index contributed by atoms with van der Waals surface area (Å²) >= 11 is 1.59. The lowest BCUT2D eigenvalue weighted by atomic mass is 10.2. The number of nitrogens with zero attached hydrogens (tertiary/aromatic N) is 2. The molecule has 0 aliphatic carbocycles. The summed E-state index contributed by atoms with van der Waals surface area (Å²) in [7, 11) is 0. The Morgan fingerprint density at radius 2 is 2.03 bits per heavy atom. The molecule has 3 heterocycles. The zero-order chi connectivity index (χ0) is 20.2. The third kappa shape index (κ3) is 4.37. The van der Waals surface area contributed by atoms with Crippen LogP contribution in [-0.4, -0.2) is 27.9 Å². The number of aromatic nitrogens is 2. The van der Waals surface area contributed by atoms with Gasteiger partial charge < -0.3 is 10.6 Å². The van der Waals surface area contributed by atoms with Gasteiger partial charge in [0.2, 0.25) is 0 Å². The lowest BCUT2D eigenvalue weighted by Crippen LogP contribution is -2.36. The van der Waals surface area contributed by atoms with Crippen LogP contribution in [0.4, 0.5) is 5.69 Å². The average molecular weight is 410 g/mol. The van der Waals surface area contributed by atoms with Crippen molar-refractivity contribution in [3.8, 4) is 0 Å². The van der Waals surface area contributed by atoms with E-state index in [0.717, 1.165) is 37.1 Å². The van der Waals surface area contributed by atoms with E-state index in [1.807, 2.05) is 16.8 Å². The fraction of sp³-hybridized carbons (Fsp3) is 0.333. The van der Waals surface area contributed by atoms with E-state index in [9.17, 15) is 14.4 Å². The molecule has 0 bridgehead atoms. The summed E-state index contributed by atoms with van der Waals surface area (Å²) in [5.41, 5.74) is 2.05. The van der Waals surface area contributed by atoms with Crippen molar-refractivity contribution in [3.05, 3.63) is 56.8 Å². The number of thiophene rings is 1. The van der Waals surface area contributed by atoms with Gasteiger partial charge in [-0.25, -0.2) is 4.98 Å². The van der Waals surface area contributed by atoms with Crippen molar-refractivity contribution in [2.24, 2.45) is 0 Å². The molecule has 0 saturated carbocycles. The van der Waals surface area contributed by atoms with Crippen molar-refractivity contribution in [2.45, 2.75) is 38.6 Å². The molecule has 1 aromatic carbocycles. The summed E-state index contributed by atoms with van der Waals surface area (Å²) < 4.78 is 1.73. The highest BCUT2D eigenvalue weighted by Gasteiger charge is 2.16. The van der Waals surface area contributed by atoms with Crippen molar-refractivity contribution < 1.29 is 9.59 Å². The summed E-state index contributed by atoms with van der Waals surface area (Å²) in [6, 6.07) is 6.96. The molecule has 150 valence electrons. The van der Waals surface area contributed by atoms with Crippen LogP contribution in [0, 0.1) is 0 Å². The van der Waals surface area contributed by atoms with Gasteiger partial charge in [-0.2, -0.15) is 11.3 Å². The number of amides is 2. The molecule has 3 aromatic rings. The predicted octanol–water partition coefficient (Wildman–Crippen LogP) is 2.48. The number of aryl methyl sites for hydroxylation is 1. The normalized spacial score (nSPS) is 13.5. The predicted molar refractivity (Wildman–Crippen MR) is 113 cm³/mol. The average Bonchev–Trinajstić information content (AvgIpc) is 3.12. The SMILES string of the molecule is O=C(NCCc1ccsc1)C(=O)Nc1ccc2nc3n(c(=O)c2c1)CCCCC3. The zero-order valence-electron chi connectivity index (χ0n) is 15.9. The molecule has 29 heavy (non-hydrogen) atoms. The summed E-state index contributed by atoms with van der Waals surface area (Å²) in [6.45, 7) is 1.05. The van der Waals surface area contributed by atoms with Crippen molar-refractivity contribution in [3.63, 3.8) is 0 Å². The van der Waals surface area contributed by atoms with E-state index >= 15 is 0 Å². The second-order valence-electron chi connectivity index (χ2n) is 7.12. The highest BCUT2D eigenvalue weighted by atomic mass is 32.1. The van der Waals surface area contributed by atoms with Crippen molar-refractivity contribution in [1.29, 1.82) is 0 Å². The number of anilines is 1. The molecule has 2 aromatic heterocycles. The highest BCUT2D eigenvalue weighted by Crippen LogP contribution is 2.18. The van der Waals surface area contributed by atoms with Crippen LogP contribution >= 0.6 is 11.3 Å². The molecule has 1 aliphatic rings. The third-order valence-corrected chi connectivity index (χ3v) is 5.79. The van der Waals surface area contributed by atoms with Crippen LogP contribution in [0.3, 0.4) is 0 Å². The summed E-state index contributed by atoms with van der Waals surface area (Å²) in [6.07, 6.45) is 4.55. The lowest BCUT2D eigenvalue weighted by Gasteiger charge is -2.11. The number of hydrogen-bond donors (Lipinski definition) is 2. The Bertz CT molecular complexity index is 1110. The minimum atomic E-state index is -0.752. The topological polar surface area (TPSA) is 93.1 Å². The van der Waals surface area contributed by atoms with Gasteiger partial charge in [-0.15, -0.1) is 0 Å². The fourth-order valence-corrected chi connectivity index (χ4v) is 4.22. The number of hydrogen-bond acceptors (Lipinski definition) is 5. The highest BCUT2D eigenvalue weighted by molar-refractivity contribution is 7.07. The monoisotopic (exact) mass is 410 g/mol. The van der Waals surface area contributed by atoms with Crippen molar-refractivity contribution in [2.75, 3.05) is 11.9 Å². The minimum Gasteiger partial charge on any atom is -0.347 e. The maximum Gasteiger partial charge on any atom is 0.313 e. The van der Waals surface area contributed by atoms with Crippen LogP contribution < -0.4 is 16.2 Å². The van der Waals surface area contributed by atoms with Gasteiger partial charge in [-0.3, -0.25) is 19.0 Å². The smallest absolute Gasteiger partial charge is 0.313 e. The molecule has 0 fully saturated rings. The molecule has 2 N–H and O–H groups in total.